The van der Waals surface area contributed by atoms with Crippen molar-refractivity contribution in [2.24, 2.45) is 11.7 Å². The third-order valence-electron chi connectivity index (χ3n) is 4.71. The molecule has 2 nitrogen and oxygen atoms in total. The molecule has 2 heteroatoms. The van der Waals surface area contributed by atoms with E-state index >= 15 is 0 Å². The van der Waals surface area contributed by atoms with Crippen LogP contribution < -0.4 is 5.73 Å². The first-order chi connectivity index (χ1) is 13.9. The van der Waals surface area contributed by atoms with Gasteiger partial charge in [-0.2, -0.15) is 0 Å². The molecule has 0 aliphatic carbocycles. The van der Waals surface area contributed by atoms with Crippen LogP contribution in [0.25, 0.3) is 0 Å². The number of rotatable bonds is 16. The number of carbonyl (C=O) groups excluding carboxylic acids is 1. The second-order valence-corrected chi connectivity index (χ2v) is 7.82. The minimum atomic E-state index is 0.00290. The van der Waals surface area contributed by atoms with E-state index in [1.165, 1.54) is 5.57 Å². The van der Waals surface area contributed by atoms with Crippen molar-refractivity contribution in [3.8, 4) is 0 Å². The van der Waals surface area contributed by atoms with Gasteiger partial charge in [0.25, 0.3) is 0 Å². The van der Waals surface area contributed by atoms with E-state index in [9.17, 15) is 4.79 Å². The van der Waals surface area contributed by atoms with Gasteiger partial charge in [-0.25, -0.2) is 0 Å². The van der Waals surface area contributed by atoms with Crippen LogP contribution in [-0.2, 0) is 4.79 Å². The van der Waals surface area contributed by atoms with Crippen molar-refractivity contribution in [1.82, 2.24) is 0 Å². The smallest absolute Gasteiger partial charge is 0.143 e. The Kier molecular flexibility index (Phi) is 16.9. The Morgan fingerprint density at radius 1 is 0.966 bits per heavy atom. The van der Waals surface area contributed by atoms with Gasteiger partial charge in [-0.1, -0.05) is 67.7 Å². The first kappa shape index (κ1) is 27.1. The van der Waals surface area contributed by atoms with Crippen LogP contribution in [0.3, 0.4) is 0 Å². The minimum absolute atomic E-state index is 0.00290. The molecular weight excluding hydrogens is 354 g/mol. The summed E-state index contributed by atoms with van der Waals surface area (Å²) in [5, 5.41) is 0. The summed E-state index contributed by atoms with van der Waals surface area (Å²) in [6.45, 7) is 13.2. The number of hydrogen-bond donors (Lipinski definition) is 1. The molecule has 0 aromatic heterocycles. The van der Waals surface area contributed by atoms with Gasteiger partial charge in [0.15, 0.2) is 0 Å². The molecule has 0 radical (unpaired) electrons. The number of hydrogen-bond acceptors (Lipinski definition) is 2. The number of allylic oxidation sites excluding steroid dienone is 11. The molecule has 0 heterocycles. The van der Waals surface area contributed by atoms with Crippen LogP contribution in [0.2, 0.25) is 0 Å². The highest BCUT2D eigenvalue weighted by molar-refractivity contribution is 5.84. The molecule has 162 valence electrons. The molecule has 0 fully saturated rings. The van der Waals surface area contributed by atoms with Gasteiger partial charge in [0.1, 0.15) is 5.78 Å². The second-order valence-electron chi connectivity index (χ2n) is 7.82. The van der Waals surface area contributed by atoms with Gasteiger partial charge in [0.05, 0.1) is 0 Å². The lowest BCUT2D eigenvalue weighted by Gasteiger charge is -2.10. The topological polar surface area (TPSA) is 43.1 Å². The van der Waals surface area contributed by atoms with E-state index in [0.717, 1.165) is 62.6 Å². The maximum atomic E-state index is 12.8. The van der Waals surface area contributed by atoms with E-state index < -0.39 is 0 Å². The lowest BCUT2D eigenvalue weighted by Crippen LogP contribution is -2.11. The molecule has 0 saturated heterocycles. The van der Waals surface area contributed by atoms with E-state index in [-0.39, 0.29) is 11.7 Å². The Balaban J connectivity index is 4.77. The molecule has 0 amide bonds. The van der Waals surface area contributed by atoms with E-state index in [2.05, 4.69) is 63.8 Å². The van der Waals surface area contributed by atoms with Gasteiger partial charge >= 0.3 is 0 Å². The average Bonchev–Trinajstić information content (AvgIpc) is 2.69. The quantitative estimate of drug-likeness (QED) is 0.167. The highest BCUT2D eigenvalue weighted by Crippen LogP contribution is 2.16. The molecule has 0 aliphatic heterocycles. The SMILES string of the molecule is C=C(/C=C/CC(=O)C(/C=C\CCCCN)CCC/C=C/CC)/C(C)=C/C=C(C)C. The Hall–Kier alpha value is -1.93. The van der Waals surface area contributed by atoms with Gasteiger partial charge in [-0.05, 0) is 83.4 Å². The monoisotopic (exact) mass is 397 g/mol. The second kappa shape index (κ2) is 18.1. The molecule has 2 N–H and O–H groups in total. The van der Waals surface area contributed by atoms with Crippen LogP contribution in [0.5, 0.6) is 0 Å². The molecule has 0 aromatic rings. The molecule has 0 saturated carbocycles. The molecular formula is C27H43NO. The first-order valence-corrected chi connectivity index (χ1v) is 11.1. The van der Waals surface area contributed by atoms with Crippen LogP contribution in [0, 0.1) is 5.92 Å². The van der Waals surface area contributed by atoms with Gasteiger partial charge in [0, 0.05) is 12.3 Å². The molecule has 1 atom stereocenters. The zero-order valence-electron chi connectivity index (χ0n) is 19.3. The maximum absolute atomic E-state index is 12.8. The molecule has 0 aromatic carbocycles. The highest BCUT2D eigenvalue weighted by atomic mass is 16.1. The van der Waals surface area contributed by atoms with E-state index in [1.54, 1.807) is 0 Å². The lowest BCUT2D eigenvalue weighted by atomic mass is 9.93. The fraction of sp³-hybridized carbons (Fsp3) is 0.519. The van der Waals surface area contributed by atoms with E-state index in [0.29, 0.717) is 6.42 Å². The van der Waals surface area contributed by atoms with E-state index in [1.807, 2.05) is 19.1 Å². The summed E-state index contributed by atoms with van der Waals surface area (Å²) < 4.78 is 0. The summed E-state index contributed by atoms with van der Waals surface area (Å²) >= 11 is 0. The van der Waals surface area contributed by atoms with Crippen molar-refractivity contribution >= 4 is 5.78 Å². The molecule has 29 heavy (non-hydrogen) atoms. The number of unbranched alkanes of at least 4 members (excludes halogenated alkanes) is 3. The molecule has 0 aliphatic rings. The summed E-state index contributed by atoms with van der Waals surface area (Å²) in [4.78, 5) is 12.8. The van der Waals surface area contributed by atoms with Gasteiger partial charge in [-0.15, -0.1) is 0 Å². The van der Waals surface area contributed by atoms with Crippen LogP contribution in [0.15, 0.2) is 71.9 Å². The summed E-state index contributed by atoms with van der Waals surface area (Å²) in [5.41, 5.74) is 8.88. The zero-order chi connectivity index (χ0) is 21.9. The van der Waals surface area contributed by atoms with Crippen LogP contribution in [0.1, 0.15) is 79.1 Å². The van der Waals surface area contributed by atoms with Crippen molar-refractivity contribution in [1.29, 1.82) is 0 Å². The van der Waals surface area contributed by atoms with Crippen molar-refractivity contribution in [2.75, 3.05) is 6.54 Å². The minimum Gasteiger partial charge on any atom is -0.330 e. The van der Waals surface area contributed by atoms with Gasteiger partial charge in [-0.3, -0.25) is 4.79 Å². The summed E-state index contributed by atoms with van der Waals surface area (Å²) in [7, 11) is 0. The number of ketones is 1. The van der Waals surface area contributed by atoms with Gasteiger partial charge in [0.2, 0.25) is 0 Å². The fourth-order valence-corrected chi connectivity index (χ4v) is 2.77. The van der Waals surface area contributed by atoms with E-state index in [4.69, 9.17) is 5.73 Å². The molecule has 0 rings (SSSR count). The standard InChI is InChI=1S/C27H43NO/c1-6-7-8-9-12-17-26(18-13-10-11-14-22-28)27(29)19-15-16-24(4)25(5)21-20-23(2)3/h7-8,13,15-16,18,20-21,26H,4,6,9-12,14,17,19,22,28H2,1-3,5H3/b8-7+,16-15+,18-13-,25-21+. The van der Waals surface area contributed by atoms with Crippen LogP contribution in [0.4, 0.5) is 0 Å². The van der Waals surface area contributed by atoms with Crippen molar-refractivity contribution in [3.05, 3.63) is 71.9 Å². The Labute approximate surface area is 180 Å². The number of carbonyl (C=O) groups is 1. The third-order valence-corrected chi connectivity index (χ3v) is 4.71. The Morgan fingerprint density at radius 3 is 2.34 bits per heavy atom. The van der Waals surface area contributed by atoms with Gasteiger partial charge < -0.3 is 5.73 Å². The molecule has 1 unspecified atom stereocenters. The Bertz CT molecular complexity index is 612. The fourth-order valence-electron chi connectivity index (χ4n) is 2.77. The van der Waals surface area contributed by atoms with Crippen molar-refractivity contribution in [3.63, 3.8) is 0 Å². The van der Waals surface area contributed by atoms with Crippen LogP contribution in [-0.4, -0.2) is 12.3 Å². The first-order valence-electron chi connectivity index (χ1n) is 11.1. The van der Waals surface area contributed by atoms with Crippen LogP contribution >= 0.6 is 0 Å². The average molecular weight is 398 g/mol. The predicted molar refractivity (Wildman–Crippen MR) is 130 cm³/mol. The number of nitrogens with two attached hydrogens (primary N) is 1. The zero-order valence-corrected chi connectivity index (χ0v) is 19.3. The summed E-state index contributed by atoms with van der Waals surface area (Å²) in [6.07, 6.45) is 24.4. The maximum Gasteiger partial charge on any atom is 0.143 e. The Morgan fingerprint density at radius 2 is 1.69 bits per heavy atom. The lowest BCUT2D eigenvalue weighted by molar-refractivity contribution is -0.120. The molecule has 0 bridgehead atoms. The normalized spacial score (nSPS) is 13.5. The third kappa shape index (κ3) is 15.6. The van der Waals surface area contributed by atoms with Crippen molar-refractivity contribution in [2.45, 2.75) is 79.1 Å². The number of Topliss-reactive ketones (excluding diaryl/α,β-unsaturated/α-hetero) is 1. The molecule has 0 spiro atoms. The summed E-state index contributed by atoms with van der Waals surface area (Å²) in [5.74, 6) is 0.289. The summed E-state index contributed by atoms with van der Waals surface area (Å²) in [6, 6.07) is 0. The van der Waals surface area contributed by atoms with Crippen molar-refractivity contribution < 1.29 is 4.79 Å². The highest BCUT2D eigenvalue weighted by Gasteiger charge is 2.13. The predicted octanol–water partition coefficient (Wildman–Crippen LogP) is 7.41. The largest absolute Gasteiger partial charge is 0.330 e.